The molecular formula is C21H17N3O2. The molecule has 0 radical (unpaired) electrons. The average Bonchev–Trinajstić information content (AvgIpc) is 3.16. The Morgan fingerprint density at radius 1 is 0.923 bits per heavy atom. The van der Waals surface area contributed by atoms with E-state index in [1.807, 2.05) is 72.8 Å². The van der Waals surface area contributed by atoms with E-state index in [-0.39, 0.29) is 12.6 Å². The number of fused-ring (bicyclic) bond motifs is 1. The molecule has 1 heterocycles. The highest BCUT2D eigenvalue weighted by Gasteiger charge is 2.08. The zero-order valence-corrected chi connectivity index (χ0v) is 14.0. The summed E-state index contributed by atoms with van der Waals surface area (Å²) in [5, 5.41) is 7.78. The van der Waals surface area contributed by atoms with Crippen molar-refractivity contribution in [2.75, 3.05) is 5.32 Å². The summed E-state index contributed by atoms with van der Waals surface area (Å²) in [7, 11) is 0. The molecule has 0 saturated carbocycles. The number of carbonyl (C=O) groups is 1. The fraction of sp³-hybridized carbons (Fsp3) is 0.0476. The summed E-state index contributed by atoms with van der Waals surface area (Å²) in [5.74, 6) is 1.13. The first-order valence-corrected chi connectivity index (χ1v) is 8.32. The van der Waals surface area contributed by atoms with E-state index in [0.717, 1.165) is 22.0 Å². The Balaban J connectivity index is 1.37. The number of aromatic nitrogens is 1. The SMILES string of the molecule is O=C(NCc1ncc(-c2ccccc2)o1)Nc1ccc2ccccc2c1. The van der Waals surface area contributed by atoms with Crippen LogP contribution in [0.15, 0.2) is 83.4 Å². The van der Waals surface area contributed by atoms with E-state index in [1.165, 1.54) is 0 Å². The largest absolute Gasteiger partial charge is 0.439 e. The molecule has 2 amide bonds. The highest BCUT2D eigenvalue weighted by atomic mass is 16.4. The van der Waals surface area contributed by atoms with Crippen molar-refractivity contribution >= 4 is 22.5 Å². The van der Waals surface area contributed by atoms with E-state index < -0.39 is 0 Å². The second kappa shape index (κ2) is 7.11. The van der Waals surface area contributed by atoms with Crippen molar-refractivity contribution in [2.45, 2.75) is 6.54 Å². The molecule has 2 N–H and O–H groups in total. The van der Waals surface area contributed by atoms with Crippen molar-refractivity contribution in [1.29, 1.82) is 0 Å². The van der Waals surface area contributed by atoms with Gasteiger partial charge in [0.05, 0.1) is 12.7 Å². The van der Waals surface area contributed by atoms with Crippen LogP contribution in [0.2, 0.25) is 0 Å². The molecule has 0 bridgehead atoms. The Morgan fingerprint density at radius 2 is 1.69 bits per heavy atom. The van der Waals surface area contributed by atoms with Crippen LogP contribution in [-0.2, 0) is 6.54 Å². The molecule has 0 spiro atoms. The van der Waals surface area contributed by atoms with Crippen LogP contribution in [0.25, 0.3) is 22.1 Å². The van der Waals surface area contributed by atoms with Gasteiger partial charge in [-0.25, -0.2) is 9.78 Å². The van der Waals surface area contributed by atoms with Crippen molar-refractivity contribution in [3.8, 4) is 11.3 Å². The van der Waals surface area contributed by atoms with Gasteiger partial charge in [-0.05, 0) is 22.9 Å². The Hall–Kier alpha value is -3.60. The number of nitrogens with one attached hydrogen (secondary N) is 2. The van der Waals surface area contributed by atoms with Crippen LogP contribution in [0, 0.1) is 0 Å². The predicted octanol–water partition coefficient (Wildman–Crippen LogP) is 4.82. The number of benzene rings is 3. The topological polar surface area (TPSA) is 67.2 Å². The molecule has 4 aromatic rings. The Labute approximate surface area is 150 Å². The standard InChI is InChI=1S/C21H17N3O2/c25-21(24-18-11-10-15-6-4-5-9-17(15)12-18)23-14-20-22-13-19(26-20)16-7-2-1-3-8-16/h1-13H,14H2,(H2,23,24,25). The van der Waals surface area contributed by atoms with Gasteiger partial charge in [-0.2, -0.15) is 0 Å². The maximum atomic E-state index is 12.1. The van der Waals surface area contributed by atoms with Crippen molar-refractivity contribution in [3.05, 3.63) is 84.9 Å². The van der Waals surface area contributed by atoms with Crippen LogP contribution in [0.1, 0.15) is 5.89 Å². The minimum atomic E-state index is -0.306. The number of nitrogens with zero attached hydrogens (tertiary/aromatic N) is 1. The van der Waals surface area contributed by atoms with Gasteiger partial charge in [-0.15, -0.1) is 0 Å². The zero-order chi connectivity index (χ0) is 17.8. The first-order valence-electron chi connectivity index (χ1n) is 8.32. The minimum Gasteiger partial charge on any atom is -0.439 e. The second-order valence-corrected chi connectivity index (χ2v) is 5.85. The van der Waals surface area contributed by atoms with Crippen LogP contribution in [0.3, 0.4) is 0 Å². The quantitative estimate of drug-likeness (QED) is 0.558. The first kappa shape index (κ1) is 15.9. The van der Waals surface area contributed by atoms with Crippen LogP contribution in [0.4, 0.5) is 10.5 Å². The van der Waals surface area contributed by atoms with E-state index in [9.17, 15) is 4.79 Å². The van der Waals surface area contributed by atoms with Gasteiger partial charge in [-0.3, -0.25) is 0 Å². The number of oxazole rings is 1. The van der Waals surface area contributed by atoms with Crippen LogP contribution < -0.4 is 10.6 Å². The summed E-state index contributed by atoms with van der Waals surface area (Å²) < 4.78 is 5.67. The highest BCUT2D eigenvalue weighted by Crippen LogP contribution is 2.20. The Kier molecular flexibility index (Phi) is 4.35. The number of rotatable bonds is 4. The number of hydrogen-bond acceptors (Lipinski definition) is 3. The molecule has 0 aliphatic heterocycles. The van der Waals surface area contributed by atoms with Crippen LogP contribution in [-0.4, -0.2) is 11.0 Å². The summed E-state index contributed by atoms with van der Waals surface area (Å²) >= 11 is 0. The molecule has 4 rings (SSSR count). The third kappa shape index (κ3) is 3.57. The van der Waals surface area contributed by atoms with Gasteiger partial charge in [0.25, 0.3) is 0 Å². The normalized spacial score (nSPS) is 10.6. The number of anilines is 1. The van der Waals surface area contributed by atoms with Gasteiger partial charge >= 0.3 is 6.03 Å². The van der Waals surface area contributed by atoms with Gasteiger partial charge in [0.2, 0.25) is 5.89 Å². The van der Waals surface area contributed by atoms with Gasteiger partial charge in [0, 0.05) is 11.3 Å². The lowest BCUT2D eigenvalue weighted by atomic mass is 10.1. The van der Waals surface area contributed by atoms with E-state index >= 15 is 0 Å². The molecule has 3 aromatic carbocycles. The molecule has 0 unspecified atom stereocenters. The fourth-order valence-corrected chi connectivity index (χ4v) is 2.73. The summed E-state index contributed by atoms with van der Waals surface area (Å²) in [6.45, 7) is 0.215. The number of carbonyl (C=O) groups excluding carboxylic acids is 1. The van der Waals surface area contributed by atoms with Gasteiger partial charge in [-0.1, -0.05) is 60.7 Å². The Morgan fingerprint density at radius 3 is 2.54 bits per heavy atom. The van der Waals surface area contributed by atoms with Crippen molar-refractivity contribution < 1.29 is 9.21 Å². The van der Waals surface area contributed by atoms with Crippen molar-refractivity contribution in [3.63, 3.8) is 0 Å². The van der Waals surface area contributed by atoms with E-state index in [2.05, 4.69) is 15.6 Å². The van der Waals surface area contributed by atoms with E-state index in [0.29, 0.717) is 11.7 Å². The molecule has 0 atom stereocenters. The van der Waals surface area contributed by atoms with Gasteiger partial charge < -0.3 is 15.1 Å². The summed E-state index contributed by atoms with van der Waals surface area (Å²) in [6, 6.07) is 23.2. The maximum Gasteiger partial charge on any atom is 0.319 e. The number of amides is 2. The van der Waals surface area contributed by atoms with Crippen molar-refractivity contribution in [2.24, 2.45) is 0 Å². The zero-order valence-electron chi connectivity index (χ0n) is 14.0. The summed E-state index contributed by atoms with van der Waals surface area (Å²) in [4.78, 5) is 16.3. The second-order valence-electron chi connectivity index (χ2n) is 5.85. The molecule has 26 heavy (non-hydrogen) atoms. The van der Waals surface area contributed by atoms with Crippen LogP contribution in [0.5, 0.6) is 0 Å². The Bertz CT molecular complexity index is 1040. The molecule has 0 aliphatic carbocycles. The third-order valence-electron chi connectivity index (χ3n) is 4.02. The number of hydrogen-bond donors (Lipinski definition) is 2. The molecule has 5 heteroatoms. The predicted molar refractivity (Wildman–Crippen MR) is 102 cm³/mol. The van der Waals surface area contributed by atoms with E-state index in [1.54, 1.807) is 6.20 Å². The molecular weight excluding hydrogens is 326 g/mol. The fourth-order valence-electron chi connectivity index (χ4n) is 2.73. The molecule has 0 fully saturated rings. The van der Waals surface area contributed by atoms with E-state index in [4.69, 9.17) is 4.42 Å². The third-order valence-corrected chi connectivity index (χ3v) is 4.02. The average molecular weight is 343 g/mol. The van der Waals surface area contributed by atoms with Crippen LogP contribution >= 0.6 is 0 Å². The van der Waals surface area contributed by atoms with Gasteiger partial charge in [0.1, 0.15) is 0 Å². The lowest BCUT2D eigenvalue weighted by molar-refractivity contribution is 0.250. The maximum absolute atomic E-state index is 12.1. The summed E-state index contributed by atoms with van der Waals surface area (Å²) in [5.41, 5.74) is 1.69. The molecule has 128 valence electrons. The molecule has 0 saturated heterocycles. The van der Waals surface area contributed by atoms with Crippen molar-refractivity contribution in [1.82, 2.24) is 10.3 Å². The first-order chi connectivity index (χ1) is 12.8. The van der Waals surface area contributed by atoms with Gasteiger partial charge in [0.15, 0.2) is 5.76 Å². The smallest absolute Gasteiger partial charge is 0.319 e. The molecule has 5 nitrogen and oxygen atoms in total. The monoisotopic (exact) mass is 343 g/mol. The number of urea groups is 1. The minimum absolute atomic E-state index is 0.215. The highest BCUT2D eigenvalue weighted by molar-refractivity contribution is 5.93. The molecule has 1 aromatic heterocycles. The lowest BCUT2D eigenvalue weighted by Crippen LogP contribution is -2.28. The lowest BCUT2D eigenvalue weighted by Gasteiger charge is -2.07. The molecule has 0 aliphatic rings. The summed E-state index contributed by atoms with van der Waals surface area (Å²) in [6.07, 6.45) is 1.66.